The maximum atomic E-state index is 4.29. The van der Waals surface area contributed by atoms with E-state index in [1.807, 2.05) is 0 Å². The molecule has 0 aromatic rings. The third-order valence-corrected chi connectivity index (χ3v) is 0.204. The van der Waals surface area contributed by atoms with Gasteiger partial charge in [0.2, 0.25) is 0 Å². The van der Waals surface area contributed by atoms with Crippen molar-refractivity contribution in [3.63, 3.8) is 0 Å². The molecule has 0 aromatic carbocycles. The van der Waals surface area contributed by atoms with Gasteiger partial charge in [0.05, 0.1) is 7.11 Å². The third kappa shape index (κ3) is 17.4. The molecule has 0 aliphatic rings. The molecule has 6 heavy (non-hydrogen) atoms. The minimum absolute atomic E-state index is 0. The molecule has 0 atom stereocenters. The van der Waals surface area contributed by atoms with Gasteiger partial charge in [0.1, 0.15) is 0 Å². The SMILES string of the molecule is CNOC.[PbH2].[SnH2]. The van der Waals surface area contributed by atoms with E-state index in [1.165, 1.54) is 0 Å². The van der Waals surface area contributed by atoms with Crippen LogP contribution in [0.5, 0.6) is 0 Å². The van der Waals surface area contributed by atoms with E-state index in [-0.39, 0.29) is 51.2 Å². The van der Waals surface area contributed by atoms with Crippen LogP contribution in [-0.2, 0) is 4.84 Å². The van der Waals surface area contributed by atoms with Crippen LogP contribution in [0.2, 0.25) is 0 Å². The van der Waals surface area contributed by atoms with E-state index < -0.39 is 0 Å². The van der Waals surface area contributed by atoms with Crippen molar-refractivity contribution < 1.29 is 4.84 Å². The van der Waals surface area contributed by atoms with Gasteiger partial charge in [0.15, 0.2) is 0 Å². The second-order valence-electron chi connectivity index (χ2n) is 0.408. The summed E-state index contributed by atoms with van der Waals surface area (Å²) in [5, 5.41) is 0. The number of hydrogen-bond donors (Lipinski definition) is 1. The number of rotatable bonds is 1. The Morgan fingerprint density at radius 2 is 1.67 bits per heavy atom. The predicted molar refractivity (Wildman–Crippen MR) is 33.2 cm³/mol. The summed E-state index contributed by atoms with van der Waals surface area (Å²) < 4.78 is 0. The van der Waals surface area contributed by atoms with Gasteiger partial charge in [-0.05, 0) is 0 Å². The maximum absolute atomic E-state index is 4.29. The van der Waals surface area contributed by atoms with Crippen molar-refractivity contribution in [1.82, 2.24) is 5.48 Å². The van der Waals surface area contributed by atoms with Gasteiger partial charge in [-0.1, -0.05) is 0 Å². The molecule has 0 rings (SSSR count). The molecule has 0 aromatic heterocycles. The van der Waals surface area contributed by atoms with E-state index in [2.05, 4.69) is 10.3 Å². The summed E-state index contributed by atoms with van der Waals surface area (Å²) in [7, 11) is 3.28. The molecule has 38 valence electrons. The van der Waals surface area contributed by atoms with E-state index >= 15 is 0 Å². The van der Waals surface area contributed by atoms with Crippen molar-refractivity contribution in [3.05, 3.63) is 0 Å². The fourth-order valence-corrected chi connectivity index (χ4v) is 0. The average Bonchev–Trinajstić information content (AvgIpc) is 1.37. The van der Waals surface area contributed by atoms with Crippen molar-refractivity contribution in [3.8, 4) is 0 Å². The van der Waals surface area contributed by atoms with Crippen LogP contribution in [0.4, 0.5) is 0 Å². The zero-order valence-corrected chi connectivity index (χ0v) is 13.9. The summed E-state index contributed by atoms with van der Waals surface area (Å²) in [6.45, 7) is 0. The Bertz CT molecular complexity index is 15.5. The first kappa shape index (κ1) is 15.6. The Morgan fingerprint density at radius 1 is 1.50 bits per heavy atom. The van der Waals surface area contributed by atoms with E-state index in [0.29, 0.717) is 0 Å². The molecule has 4 heteroatoms. The fraction of sp³-hybridized carbons (Fsp3) is 1.00. The first-order chi connectivity index (χ1) is 1.91. The van der Waals surface area contributed by atoms with Crippen LogP contribution in [0.25, 0.3) is 0 Å². The normalized spacial score (nSPS) is 5.00. The van der Waals surface area contributed by atoms with Crippen LogP contribution in [0.3, 0.4) is 0 Å². The van der Waals surface area contributed by atoms with E-state index in [1.54, 1.807) is 14.2 Å². The van der Waals surface area contributed by atoms with Gasteiger partial charge in [-0.2, -0.15) is 0 Å². The molecule has 0 aliphatic carbocycles. The molecule has 0 amide bonds. The number of nitrogens with one attached hydrogen (secondary N) is 1. The van der Waals surface area contributed by atoms with Crippen LogP contribution < -0.4 is 5.48 Å². The molecule has 0 saturated heterocycles. The zero-order valence-electron chi connectivity index (χ0n) is 4.32. The monoisotopic (exact) mass is 393 g/mol. The quantitative estimate of drug-likeness (QED) is 0.410. The molecule has 0 aliphatic heterocycles. The van der Waals surface area contributed by atoms with Gasteiger partial charge in [-0.3, -0.25) is 0 Å². The molecular formula is C2H11NOPbSn. The van der Waals surface area contributed by atoms with E-state index in [0.717, 1.165) is 0 Å². The molecule has 1 N–H and O–H groups in total. The molecule has 0 bridgehead atoms. The van der Waals surface area contributed by atoms with Crippen LogP contribution in [0.15, 0.2) is 0 Å². The van der Waals surface area contributed by atoms with Crippen LogP contribution in [0.1, 0.15) is 0 Å². The van der Waals surface area contributed by atoms with Crippen molar-refractivity contribution in [1.29, 1.82) is 0 Å². The fourth-order valence-electron chi connectivity index (χ4n) is 0. The van der Waals surface area contributed by atoms with Gasteiger partial charge in [-0.25, -0.2) is 5.48 Å². The standard InChI is InChI=1S/C2H7NO.Pb.Sn.4H/c1-3-4-2;;;;;;/h3H,1-2H3;;;;;;. The Labute approximate surface area is 75.1 Å². The Balaban J connectivity index is -0.0000000450. The molecule has 0 fully saturated rings. The summed E-state index contributed by atoms with van der Waals surface area (Å²) >= 11 is 0. The van der Waals surface area contributed by atoms with Gasteiger partial charge in [-0.15, -0.1) is 0 Å². The summed E-state index contributed by atoms with van der Waals surface area (Å²) in [6, 6.07) is 0. The Morgan fingerprint density at radius 3 is 1.67 bits per heavy atom. The van der Waals surface area contributed by atoms with Crippen molar-refractivity contribution in [2.45, 2.75) is 0 Å². The van der Waals surface area contributed by atoms with Crippen molar-refractivity contribution in [2.75, 3.05) is 14.2 Å². The van der Waals surface area contributed by atoms with Gasteiger partial charge in [0, 0.05) is 7.05 Å². The van der Waals surface area contributed by atoms with Gasteiger partial charge < -0.3 is 4.84 Å². The minimum atomic E-state index is 0. The molecule has 0 heterocycles. The van der Waals surface area contributed by atoms with Crippen molar-refractivity contribution in [2.24, 2.45) is 0 Å². The van der Waals surface area contributed by atoms with E-state index in [4.69, 9.17) is 0 Å². The summed E-state index contributed by atoms with van der Waals surface area (Å²) in [4.78, 5) is 4.29. The third-order valence-electron chi connectivity index (χ3n) is 0.204. The van der Waals surface area contributed by atoms with E-state index in [9.17, 15) is 0 Å². The van der Waals surface area contributed by atoms with Crippen LogP contribution in [0, 0.1) is 0 Å². The summed E-state index contributed by atoms with van der Waals surface area (Å²) in [5.74, 6) is 0. The average molecular weight is 391 g/mol. The van der Waals surface area contributed by atoms with Crippen LogP contribution >= 0.6 is 0 Å². The molecule has 4 radical (unpaired) electrons. The first-order valence-electron chi connectivity index (χ1n) is 1.11. The topological polar surface area (TPSA) is 21.3 Å². The Hall–Kier alpha value is 1.64. The molecule has 2 nitrogen and oxygen atoms in total. The summed E-state index contributed by atoms with van der Waals surface area (Å²) in [5.41, 5.74) is 2.43. The zero-order chi connectivity index (χ0) is 3.41. The van der Waals surface area contributed by atoms with Gasteiger partial charge in [0.25, 0.3) is 0 Å². The first-order valence-corrected chi connectivity index (χ1v) is 1.11. The predicted octanol–water partition coefficient (Wildman–Crippen LogP) is -2.07. The van der Waals surface area contributed by atoms with Crippen LogP contribution in [-0.4, -0.2) is 65.4 Å². The molecule has 0 saturated carbocycles. The number of hydroxylamine groups is 1. The Kier molecular flexibility index (Phi) is 41.6. The van der Waals surface area contributed by atoms with Crippen molar-refractivity contribution >= 4 is 51.2 Å². The second-order valence-corrected chi connectivity index (χ2v) is 0.408. The molecule has 0 spiro atoms. The molecular weight excluding hydrogens is 380 g/mol. The summed E-state index contributed by atoms with van der Waals surface area (Å²) in [6.07, 6.45) is 0. The van der Waals surface area contributed by atoms with Gasteiger partial charge >= 0.3 is 51.2 Å². The second kappa shape index (κ2) is 15.9. The number of hydrogen-bond acceptors (Lipinski definition) is 2. The molecule has 0 unspecified atom stereocenters.